The van der Waals surface area contributed by atoms with E-state index in [-0.39, 0.29) is 17.7 Å². The van der Waals surface area contributed by atoms with Gasteiger partial charge < -0.3 is 15.2 Å². The highest BCUT2D eigenvalue weighted by Gasteiger charge is 2.24. The maximum absolute atomic E-state index is 12.4. The summed E-state index contributed by atoms with van der Waals surface area (Å²) in [5.74, 6) is 0.122. The highest BCUT2D eigenvalue weighted by Crippen LogP contribution is 2.30. The number of thiazole rings is 1. The van der Waals surface area contributed by atoms with Gasteiger partial charge in [-0.25, -0.2) is 4.98 Å². The summed E-state index contributed by atoms with van der Waals surface area (Å²) in [5, 5.41) is 6.58. The normalized spacial score (nSPS) is 15.2. The maximum atomic E-state index is 12.4. The largest absolute Gasteiger partial charge is 0.360 e. The fourth-order valence-electron chi connectivity index (χ4n) is 3.59. The molecule has 152 valence electrons. The maximum Gasteiger partial charge on any atom is 0.240 e. The van der Waals surface area contributed by atoms with E-state index >= 15 is 0 Å². The number of benzene rings is 1. The van der Waals surface area contributed by atoms with Crippen LogP contribution in [0.2, 0.25) is 0 Å². The molecule has 2 N–H and O–H groups in total. The van der Waals surface area contributed by atoms with E-state index in [1.807, 2.05) is 48.5 Å². The van der Waals surface area contributed by atoms with Crippen LogP contribution in [-0.2, 0) is 9.59 Å². The third-order valence-electron chi connectivity index (χ3n) is 5.16. The molecule has 3 aromatic rings. The van der Waals surface area contributed by atoms with Crippen LogP contribution in [0.5, 0.6) is 0 Å². The van der Waals surface area contributed by atoms with Crippen LogP contribution in [0.25, 0.3) is 22.2 Å². The van der Waals surface area contributed by atoms with Crippen molar-refractivity contribution in [3.8, 4) is 11.3 Å². The van der Waals surface area contributed by atoms with Gasteiger partial charge in [0, 0.05) is 60.1 Å². The summed E-state index contributed by atoms with van der Waals surface area (Å²) in [6.45, 7) is 6.92. The average molecular weight is 412 g/mol. The number of piperazine rings is 1. The number of rotatable bonds is 5. The fraction of sp³-hybridized carbons (Fsp3) is 0.381. The Hall–Kier alpha value is -2.71. The van der Waals surface area contributed by atoms with Gasteiger partial charge in [-0.3, -0.25) is 14.5 Å². The monoisotopic (exact) mass is 411 g/mol. The van der Waals surface area contributed by atoms with Crippen LogP contribution in [0.3, 0.4) is 0 Å². The molecule has 0 atom stereocenters. The van der Waals surface area contributed by atoms with Crippen molar-refractivity contribution in [3.05, 3.63) is 35.8 Å². The fourth-order valence-corrected chi connectivity index (χ4v) is 4.32. The number of hydrogen-bond acceptors (Lipinski definition) is 5. The van der Waals surface area contributed by atoms with Crippen molar-refractivity contribution in [2.45, 2.75) is 13.8 Å². The number of fused-ring (bicyclic) bond motifs is 1. The van der Waals surface area contributed by atoms with Crippen LogP contribution in [0, 0.1) is 5.92 Å². The molecule has 2 amide bonds. The highest BCUT2D eigenvalue weighted by molar-refractivity contribution is 7.14. The number of hydrogen-bond donors (Lipinski definition) is 2. The summed E-state index contributed by atoms with van der Waals surface area (Å²) in [7, 11) is 0. The Labute approximate surface area is 173 Å². The molecule has 0 bridgehead atoms. The van der Waals surface area contributed by atoms with Gasteiger partial charge in [0.15, 0.2) is 5.13 Å². The topological polar surface area (TPSA) is 81.3 Å². The molecule has 1 aliphatic heterocycles. The highest BCUT2D eigenvalue weighted by atomic mass is 32.1. The van der Waals surface area contributed by atoms with Gasteiger partial charge in [0.2, 0.25) is 11.8 Å². The molecular formula is C21H25N5O2S. The Kier molecular flexibility index (Phi) is 5.64. The Morgan fingerprint density at radius 3 is 2.72 bits per heavy atom. The van der Waals surface area contributed by atoms with Crippen LogP contribution in [-0.4, -0.2) is 64.3 Å². The predicted molar refractivity (Wildman–Crippen MR) is 116 cm³/mol. The molecule has 1 fully saturated rings. The van der Waals surface area contributed by atoms with Crippen LogP contribution in [0.4, 0.5) is 5.13 Å². The Morgan fingerprint density at radius 1 is 1.21 bits per heavy atom. The number of aromatic amines is 1. The van der Waals surface area contributed by atoms with Gasteiger partial charge >= 0.3 is 0 Å². The van der Waals surface area contributed by atoms with Crippen LogP contribution < -0.4 is 5.32 Å². The minimum absolute atomic E-state index is 0.0149. The van der Waals surface area contributed by atoms with Crippen molar-refractivity contribution < 1.29 is 9.59 Å². The van der Waals surface area contributed by atoms with Gasteiger partial charge in [-0.05, 0) is 6.07 Å². The molecule has 0 spiro atoms. The van der Waals surface area contributed by atoms with Crippen molar-refractivity contribution in [3.63, 3.8) is 0 Å². The van der Waals surface area contributed by atoms with Crippen LogP contribution in [0.1, 0.15) is 13.8 Å². The third-order valence-corrected chi connectivity index (χ3v) is 5.92. The second-order valence-corrected chi connectivity index (χ2v) is 8.45. The molecule has 29 heavy (non-hydrogen) atoms. The van der Waals surface area contributed by atoms with Crippen molar-refractivity contribution in [2.24, 2.45) is 5.92 Å². The first-order valence-corrected chi connectivity index (χ1v) is 10.7. The van der Waals surface area contributed by atoms with Gasteiger partial charge in [-0.2, -0.15) is 0 Å². The summed E-state index contributed by atoms with van der Waals surface area (Å²) in [5.41, 5.74) is 2.95. The zero-order chi connectivity index (χ0) is 20.4. The number of para-hydroxylation sites is 1. The van der Waals surface area contributed by atoms with E-state index in [0.717, 1.165) is 22.2 Å². The molecule has 3 heterocycles. The van der Waals surface area contributed by atoms with E-state index in [9.17, 15) is 9.59 Å². The number of aromatic nitrogens is 2. The molecule has 0 unspecified atom stereocenters. The molecule has 1 aliphatic rings. The summed E-state index contributed by atoms with van der Waals surface area (Å²) < 4.78 is 0. The molecule has 7 nitrogen and oxygen atoms in total. The number of anilines is 1. The average Bonchev–Trinajstić information content (AvgIpc) is 3.34. The minimum Gasteiger partial charge on any atom is -0.360 e. The van der Waals surface area contributed by atoms with Crippen molar-refractivity contribution in [1.82, 2.24) is 19.8 Å². The van der Waals surface area contributed by atoms with Gasteiger partial charge in [0.1, 0.15) is 0 Å². The lowest BCUT2D eigenvalue weighted by atomic mass is 10.1. The van der Waals surface area contributed by atoms with E-state index in [1.54, 1.807) is 0 Å². The number of nitrogens with one attached hydrogen (secondary N) is 2. The molecule has 0 radical (unpaired) electrons. The first-order chi connectivity index (χ1) is 14.0. The first kappa shape index (κ1) is 19.6. The summed E-state index contributed by atoms with van der Waals surface area (Å²) in [6, 6.07) is 8.09. The molecule has 1 aromatic carbocycles. The van der Waals surface area contributed by atoms with Crippen LogP contribution in [0.15, 0.2) is 35.8 Å². The third kappa shape index (κ3) is 4.33. The summed E-state index contributed by atoms with van der Waals surface area (Å²) in [4.78, 5) is 36.3. The molecule has 0 aliphatic carbocycles. The Morgan fingerprint density at radius 2 is 1.97 bits per heavy atom. The number of carbonyl (C=O) groups is 2. The number of H-pyrrole nitrogens is 1. The van der Waals surface area contributed by atoms with Gasteiger partial charge in [0.05, 0.1) is 12.2 Å². The smallest absolute Gasteiger partial charge is 0.240 e. The van der Waals surface area contributed by atoms with E-state index in [2.05, 4.69) is 26.3 Å². The Balaban J connectivity index is 1.33. The zero-order valence-electron chi connectivity index (χ0n) is 16.6. The summed E-state index contributed by atoms with van der Waals surface area (Å²) >= 11 is 1.43. The minimum atomic E-state index is -0.0755. The molecule has 2 aromatic heterocycles. The lowest BCUT2D eigenvalue weighted by molar-refractivity contribution is -0.136. The lowest BCUT2D eigenvalue weighted by Gasteiger charge is -2.35. The molecular weight excluding hydrogens is 386 g/mol. The van der Waals surface area contributed by atoms with Crippen LogP contribution >= 0.6 is 11.3 Å². The van der Waals surface area contributed by atoms with Crippen molar-refractivity contribution >= 4 is 39.2 Å². The van der Waals surface area contributed by atoms with E-state index < -0.39 is 0 Å². The first-order valence-electron chi connectivity index (χ1n) is 9.84. The van der Waals surface area contributed by atoms with Gasteiger partial charge in [-0.1, -0.05) is 32.0 Å². The zero-order valence-corrected chi connectivity index (χ0v) is 17.5. The molecule has 0 saturated carbocycles. The molecule has 1 saturated heterocycles. The number of nitrogens with zero attached hydrogens (tertiary/aromatic N) is 3. The standard InChI is InChI=1S/C21H25N5O2S/c1-14(2)20(28)26-9-7-25(8-10-26)12-19(27)24-21-23-18(13-29-21)16-11-22-17-6-4-3-5-15(16)17/h3-6,11,13-14,22H,7-10,12H2,1-2H3,(H,23,24,27). The van der Waals surface area contributed by atoms with Gasteiger partial charge in [0.25, 0.3) is 0 Å². The van der Waals surface area contributed by atoms with Gasteiger partial charge in [-0.15, -0.1) is 11.3 Å². The quantitative estimate of drug-likeness (QED) is 0.676. The summed E-state index contributed by atoms with van der Waals surface area (Å²) in [6.07, 6.45) is 1.95. The van der Waals surface area contributed by atoms with E-state index in [0.29, 0.717) is 37.9 Å². The number of carbonyl (C=O) groups excluding carboxylic acids is 2. The van der Waals surface area contributed by atoms with Crippen molar-refractivity contribution in [2.75, 3.05) is 38.0 Å². The van der Waals surface area contributed by atoms with Crippen molar-refractivity contribution in [1.29, 1.82) is 0 Å². The second-order valence-electron chi connectivity index (χ2n) is 7.59. The van der Waals surface area contributed by atoms with E-state index in [4.69, 9.17) is 0 Å². The van der Waals surface area contributed by atoms with E-state index in [1.165, 1.54) is 11.3 Å². The molecule has 4 rings (SSSR count). The predicted octanol–water partition coefficient (Wildman–Crippen LogP) is 3.03. The number of amides is 2. The molecule has 8 heteroatoms. The lowest BCUT2D eigenvalue weighted by Crippen LogP contribution is -2.51. The second kappa shape index (κ2) is 8.34. The SMILES string of the molecule is CC(C)C(=O)N1CCN(CC(=O)Nc2nc(-c3c[nH]c4ccccc34)cs2)CC1. The Bertz CT molecular complexity index is 1020.